The van der Waals surface area contributed by atoms with Gasteiger partial charge in [0.05, 0.1) is 22.5 Å². The van der Waals surface area contributed by atoms with Crippen LogP contribution in [0.4, 0.5) is 14.5 Å². The summed E-state index contributed by atoms with van der Waals surface area (Å²) in [6.07, 6.45) is 1.38. The summed E-state index contributed by atoms with van der Waals surface area (Å²) in [5.41, 5.74) is 1.00. The van der Waals surface area contributed by atoms with Crippen molar-refractivity contribution < 1.29 is 21.9 Å². The summed E-state index contributed by atoms with van der Waals surface area (Å²) in [4.78, 5) is -0.0648. The van der Waals surface area contributed by atoms with Gasteiger partial charge in [0.1, 0.15) is 5.75 Å². The van der Waals surface area contributed by atoms with Gasteiger partial charge in [-0.05, 0) is 30.2 Å². The van der Waals surface area contributed by atoms with Crippen LogP contribution < -0.4 is 9.46 Å². The lowest BCUT2D eigenvalue weighted by Gasteiger charge is -2.10. The highest BCUT2D eigenvalue weighted by molar-refractivity contribution is 7.92. The third kappa shape index (κ3) is 3.73. The van der Waals surface area contributed by atoms with Crippen molar-refractivity contribution in [2.24, 2.45) is 0 Å². The number of sulfonamides is 1. The highest BCUT2D eigenvalue weighted by atomic mass is 32.2. The number of rotatable bonds is 6. The van der Waals surface area contributed by atoms with Crippen LogP contribution in [0.5, 0.6) is 5.75 Å². The van der Waals surface area contributed by atoms with E-state index in [0.717, 1.165) is 0 Å². The number of hydrogen-bond donors (Lipinski definition) is 2. The number of benzene rings is 1. The Bertz CT molecular complexity index is 727. The Morgan fingerprint density at radius 1 is 1.23 bits per heavy atom. The van der Waals surface area contributed by atoms with Gasteiger partial charge in [-0.15, -0.1) is 0 Å². The topological polar surface area (TPSA) is 84.1 Å². The third-order valence-electron chi connectivity index (χ3n) is 2.85. The Morgan fingerprint density at radius 3 is 2.41 bits per heavy atom. The number of nitrogens with zero attached hydrogens (tertiary/aromatic N) is 1. The number of alkyl halides is 2. The van der Waals surface area contributed by atoms with Gasteiger partial charge in [0, 0.05) is 0 Å². The van der Waals surface area contributed by atoms with Crippen LogP contribution in [0.1, 0.15) is 25.5 Å². The van der Waals surface area contributed by atoms with Crippen molar-refractivity contribution in [3.05, 3.63) is 36.2 Å². The fourth-order valence-corrected chi connectivity index (χ4v) is 2.89. The predicted octanol–water partition coefficient (Wildman–Crippen LogP) is 2.94. The number of halogens is 2. The molecule has 2 aromatic rings. The average Bonchev–Trinajstić information content (AvgIpc) is 2.86. The van der Waals surface area contributed by atoms with E-state index in [9.17, 15) is 17.2 Å². The Hall–Kier alpha value is -2.16. The number of aromatic nitrogens is 2. The third-order valence-corrected chi connectivity index (χ3v) is 4.23. The second kappa shape index (κ2) is 6.30. The summed E-state index contributed by atoms with van der Waals surface area (Å²) in [6.45, 7) is 0.823. The molecular formula is C13H15F2N3O3S. The molecule has 2 N–H and O–H groups in total. The first-order chi connectivity index (χ1) is 10.3. The van der Waals surface area contributed by atoms with E-state index >= 15 is 0 Å². The molecule has 0 atom stereocenters. The second-order valence-electron chi connectivity index (χ2n) is 4.81. The molecule has 6 nitrogen and oxygen atoms in total. The lowest BCUT2D eigenvalue weighted by Crippen LogP contribution is -2.14. The largest absolute Gasteiger partial charge is 0.435 e. The molecular weight excluding hydrogens is 316 g/mol. The van der Waals surface area contributed by atoms with Crippen molar-refractivity contribution in [2.45, 2.75) is 31.3 Å². The molecule has 0 saturated heterocycles. The summed E-state index contributed by atoms with van der Waals surface area (Å²) in [5, 5.41) is 6.54. The van der Waals surface area contributed by atoms with Crippen molar-refractivity contribution in [2.75, 3.05) is 4.72 Å². The SMILES string of the molecule is CC(C)c1[nH]ncc1NS(=O)(=O)c1ccc(OC(F)F)cc1. The van der Waals surface area contributed by atoms with Crippen molar-refractivity contribution in [1.29, 1.82) is 0 Å². The van der Waals surface area contributed by atoms with Crippen LogP contribution in [0.25, 0.3) is 0 Å². The summed E-state index contributed by atoms with van der Waals surface area (Å²) >= 11 is 0. The van der Waals surface area contributed by atoms with E-state index in [2.05, 4.69) is 19.7 Å². The van der Waals surface area contributed by atoms with Crippen LogP contribution in [-0.2, 0) is 10.0 Å². The molecule has 120 valence electrons. The minimum atomic E-state index is -3.84. The first-order valence-corrected chi connectivity index (χ1v) is 7.89. The maximum absolute atomic E-state index is 12.3. The van der Waals surface area contributed by atoms with Crippen LogP contribution in [0, 0.1) is 0 Å². The van der Waals surface area contributed by atoms with E-state index in [4.69, 9.17) is 0 Å². The first kappa shape index (κ1) is 16.2. The van der Waals surface area contributed by atoms with Gasteiger partial charge in [-0.2, -0.15) is 13.9 Å². The highest BCUT2D eigenvalue weighted by Gasteiger charge is 2.18. The minimum absolute atomic E-state index is 0.0574. The van der Waals surface area contributed by atoms with Gasteiger partial charge in [0.25, 0.3) is 10.0 Å². The minimum Gasteiger partial charge on any atom is -0.435 e. The molecule has 0 saturated carbocycles. The molecule has 0 spiro atoms. The maximum Gasteiger partial charge on any atom is 0.387 e. The lowest BCUT2D eigenvalue weighted by atomic mass is 10.1. The van der Waals surface area contributed by atoms with E-state index in [-0.39, 0.29) is 16.6 Å². The Kier molecular flexibility index (Phi) is 4.65. The first-order valence-electron chi connectivity index (χ1n) is 6.40. The van der Waals surface area contributed by atoms with Gasteiger partial charge < -0.3 is 4.74 Å². The zero-order valence-electron chi connectivity index (χ0n) is 11.9. The predicted molar refractivity (Wildman–Crippen MR) is 76.6 cm³/mol. The number of anilines is 1. The fourth-order valence-electron chi connectivity index (χ4n) is 1.82. The average molecular weight is 331 g/mol. The lowest BCUT2D eigenvalue weighted by molar-refractivity contribution is -0.0498. The maximum atomic E-state index is 12.3. The van der Waals surface area contributed by atoms with Crippen LogP contribution in [0.15, 0.2) is 35.4 Å². The molecule has 0 fully saturated rings. The Morgan fingerprint density at radius 2 is 1.86 bits per heavy atom. The molecule has 0 aliphatic heterocycles. The van der Waals surface area contributed by atoms with E-state index in [0.29, 0.717) is 11.4 Å². The molecule has 0 radical (unpaired) electrons. The number of aromatic amines is 1. The quantitative estimate of drug-likeness (QED) is 0.852. The summed E-state index contributed by atoms with van der Waals surface area (Å²) < 4.78 is 55.2. The molecule has 9 heteroatoms. The van der Waals surface area contributed by atoms with Gasteiger partial charge in [0.2, 0.25) is 0 Å². The Balaban J connectivity index is 2.21. The molecule has 1 heterocycles. The van der Waals surface area contributed by atoms with Crippen LogP contribution in [0.3, 0.4) is 0 Å². The van der Waals surface area contributed by atoms with Crippen molar-refractivity contribution in [1.82, 2.24) is 10.2 Å². The van der Waals surface area contributed by atoms with Crippen molar-refractivity contribution in [3.8, 4) is 5.75 Å². The summed E-state index contributed by atoms with van der Waals surface area (Å²) in [6, 6.07) is 4.71. The molecule has 1 aromatic carbocycles. The molecule has 0 aliphatic carbocycles. The molecule has 0 bridgehead atoms. The molecule has 0 aliphatic rings. The molecule has 1 aromatic heterocycles. The molecule has 2 rings (SSSR count). The summed E-state index contributed by atoms with van der Waals surface area (Å²) in [7, 11) is -3.84. The zero-order valence-corrected chi connectivity index (χ0v) is 12.7. The number of hydrogen-bond acceptors (Lipinski definition) is 4. The van der Waals surface area contributed by atoms with Crippen molar-refractivity contribution in [3.63, 3.8) is 0 Å². The normalized spacial score (nSPS) is 11.9. The molecule has 0 amide bonds. The van der Waals surface area contributed by atoms with Crippen molar-refractivity contribution >= 4 is 15.7 Å². The van der Waals surface area contributed by atoms with Crippen LogP contribution in [-0.4, -0.2) is 25.2 Å². The van der Waals surface area contributed by atoms with E-state index in [1.165, 1.54) is 30.5 Å². The van der Waals surface area contributed by atoms with Gasteiger partial charge >= 0.3 is 6.61 Å². The number of H-pyrrole nitrogens is 1. The van der Waals surface area contributed by atoms with Crippen LogP contribution in [0.2, 0.25) is 0 Å². The molecule has 0 unspecified atom stereocenters. The number of nitrogens with one attached hydrogen (secondary N) is 2. The van der Waals surface area contributed by atoms with Gasteiger partial charge in [-0.1, -0.05) is 13.8 Å². The van der Waals surface area contributed by atoms with Crippen LogP contribution >= 0.6 is 0 Å². The number of ether oxygens (including phenoxy) is 1. The highest BCUT2D eigenvalue weighted by Crippen LogP contribution is 2.25. The monoisotopic (exact) mass is 331 g/mol. The summed E-state index contributed by atoms with van der Waals surface area (Å²) in [5.74, 6) is -0.0536. The van der Waals surface area contributed by atoms with Gasteiger partial charge in [-0.25, -0.2) is 8.42 Å². The van der Waals surface area contributed by atoms with E-state index in [1.54, 1.807) is 0 Å². The smallest absolute Gasteiger partial charge is 0.387 e. The van der Waals surface area contributed by atoms with E-state index in [1.807, 2.05) is 13.8 Å². The zero-order chi connectivity index (χ0) is 16.3. The fraction of sp³-hybridized carbons (Fsp3) is 0.308. The van der Waals surface area contributed by atoms with E-state index < -0.39 is 16.6 Å². The standard InChI is InChI=1S/C13H15F2N3O3S/c1-8(2)12-11(7-16-17-12)18-22(19,20)10-5-3-9(4-6-10)21-13(14)15/h3-8,13,18H,1-2H3,(H,16,17). The van der Waals surface area contributed by atoms with Gasteiger partial charge in [-0.3, -0.25) is 9.82 Å². The Labute approximate surface area is 126 Å². The molecule has 22 heavy (non-hydrogen) atoms. The van der Waals surface area contributed by atoms with Gasteiger partial charge in [0.15, 0.2) is 0 Å². The second-order valence-corrected chi connectivity index (χ2v) is 6.49.